The second-order valence-electron chi connectivity index (χ2n) is 6.61. The van der Waals surface area contributed by atoms with E-state index in [0.29, 0.717) is 24.2 Å². The molecule has 5 rings (SSSR count). The van der Waals surface area contributed by atoms with Crippen molar-refractivity contribution in [2.75, 3.05) is 13.1 Å². The zero-order valence-corrected chi connectivity index (χ0v) is 14.7. The zero-order chi connectivity index (χ0) is 16.7. The van der Waals surface area contributed by atoms with Gasteiger partial charge in [-0.1, -0.05) is 6.07 Å². The van der Waals surface area contributed by atoms with Gasteiger partial charge in [0.15, 0.2) is 0 Å². The molecule has 0 amide bonds. The van der Waals surface area contributed by atoms with Gasteiger partial charge in [-0.15, -0.1) is 0 Å². The third-order valence-corrected chi connectivity index (χ3v) is 5.43. The van der Waals surface area contributed by atoms with Crippen LogP contribution in [-0.2, 0) is 13.1 Å². The smallest absolute Gasteiger partial charge is 0.130 e. The van der Waals surface area contributed by atoms with Crippen molar-refractivity contribution in [1.82, 2.24) is 14.8 Å². The summed E-state index contributed by atoms with van der Waals surface area (Å²) in [6.45, 7) is 3.35. The lowest BCUT2D eigenvalue weighted by Gasteiger charge is -2.56. The average Bonchev–Trinajstić information content (AvgIpc) is 2.56. The van der Waals surface area contributed by atoms with E-state index < -0.39 is 11.6 Å². The molecule has 1 aromatic heterocycles. The summed E-state index contributed by atoms with van der Waals surface area (Å²) in [7, 11) is 0. The lowest BCUT2D eigenvalue weighted by molar-refractivity contribution is -0.0782. The Balaban J connectivity index is 1.37. The maximum absolute atomic E-state index is 13.9. The number of hydrogen-bond acceptors (Lipinski definition) is 3. The predicted octanol–water partition coefficient (Wildman–Crippen LogP) is 3.58. The highest BCUT2D eigenvalue weighted by atomic mass is 79.9. The van der Waals surface area contributed by atoms with Gasteiger partial charge in [0.2, 0.25) is 0 Å². The molecule has 2 aromatic rings. The average molecular weight is 394 g/mol. The number of piperazine rings is 1. The summed E-state index contributed by atoms with van der Waals surface area (Å²) in [6.07, 6.45) is 2.98. The molecule has 0 aliphatic carbocycles. The van der Waals surface area contributed by atoms with Gasteiger partial charge < -0.3 is 0 Å². The SMILES string of the molecule is Fc1ccc(CN2C3CC2CN(Cc2ccc(Br)cn2)C3)c(F)c1. The molecule has 0 spiro atoms. The van der Waals surface area contributed by atoms with Gasteiger partial charge in [0.05, 0.1) is 5.69 Å². The zero-order valence-electron chi connectivity index (χ0n) is 13.1. The van der Waals surface area contributed by atoms with Gasteiger partial charge in [-0.3, -0.25) is 14.8 Å². The summed E-state index contributed by atoms with van der Waals surface area (Å²) in [5, 5.41) is 0. The summed E-state index contributed by atoms with van der Waals surface area (Å²) >= 11 is 3.40. The van der Waals surface area contributed by atoms with E-state index in [-0.39, 0.29) is 0 Å². The molecule has 0 radical (unpaired) electrons. The molecular formula is C18H18BrF2N3. The van der Waals surface area contributed by atoms with E-state index in [2.05, 4.69) is 30.7 Å². The van der Waals surface area contributed by atoms with Crippen molar-refractivity contribution in [3.8, 4) is 0 Å². The number of hydrogen-bond donors (Lipinski definition) is 0. The van der Waals surface area contributed by atoms with Crippen LogP contribution in [0.15, 0.2) is 41.0 Å². The number of fused-ring (bicyclic) bond motifs is 2. The summed E-state index contributed by atoms with van der Waals surface area (Å²) in [5.41, 5.74) is 1.64. The highest BCUT2D eigenvalue weighted by Gasteiger charge is 2.44. The van der Waals surface area contributed by atoms with E-state index in [4.69, 9.17) is 0 Å². The fraction of sp³-hybridized carbons (Fsp3) is 0.389. The maximum atomic E-state index is 13.9. The molecule has 24 heavy (non-hydrogen) atoms. The molecule has 2 unspecified atom stereocenters. The molecule has 2 bridgehead atoms. The van der Waals surface area contributed by atoms with Crippen molar-refractivity contribution in [1.29, 1.82) is 0 Å². The van der Waals surface area contributed by atoms with Gasteiger partial charge in [-0.05, 0) is 40.5 Å². The van der Waals surface area contributed by atoms with E-state index in [0.717, 1.165) is 42.3 Å². The van der Waals surface area contributed by atoms with E-state index >= 15 is 0 Å². The van der Waals surface area contributed by atoms with Crippen LogP contribution in [0.5, 0.6) is 0 Å². The molecule has 3 saturated heterocycles. The fourth-order valence-electron chi connectivity index (χ4n) is 3.74. The quantitative estimate of drug-likeness (QED) is 0.791. The molecule has 1 aromatic carbocycles. The number of nitrogens with zero attached hydrogens (tertiary/aromatic N) is 3. The van der Waals surface area contributed by atoms with Crippen LogP contribution in [0.25, 0.3) is 0 Å². The Morgan fingerprint density at radius 1 is 1.08 bits per heavy atom. The minimum Gasteiger partial charge on any atom is -0.294 e. The van der Waals surface area contributed by atoms with Crippen LogP contribution >= 0.6 is 15.9 Å². The summed E-state index contributed by atoms with van der Waals surface area (Å²) < 4.78 is 27.9. The number of piperidine rings is 1. The van der Waals surface area contributed by atoms with Crippen molar-refractivity contribution < 1.29 is 8.78 Å². The van der Waals surface area contributed by atoms with Crippen LogP contribution in [0.2, 0.25) is 0 Å². The number of pyridine rings is 1. The molecule has 3 nitrogen and oxygen atoms in total. The first-order valence-electron chi connectivity index (χ1n) is 8.11. The molecule has 126 valence electrons. The highest BCUT2D eigenvalue weighted by Crippen LogP contribution is 2.34. The molecule has 2 atom stereocenters. The van der Waals surface area contributed by atoms with E-state index in [1.54, 1.807) is 6.07 Å². The number of aromatic nitrogens is 1. The van der Waals surface area contributed by atoms with Crippen molar-refractivity contribution >= 4 is 15.9 Å². The maximum Gasteiger partial charge on any atom is 0.130 e. The van der Waals surface area contributed by atoms with E-state index in [9.17, 15) is 8.78 Å². The Kier molecular flexibility index (Phi) is 4.37. The number of benzene rings is 1. The van der Waals surface area contributed by atoms with Crippen LogP contribution in [0.1, 0.15) is 17.7 Å². The van der Waals surface area contributed by atoms with Crippen LogP contribution in [0, 0.1) is 11.6 Å². The van der Waals surface area contributed by atoms with Crippen molar-refractivity contribution in [3.63, 3.8) is 0 Å². The van der Waals surface area contributed by atoms with Crippen LogP contribution in [0.3, 0.4) is 0 Å². The molecule has 4 heterocycles. The molecular weight excluding hydrogens is 376 g/mol. The number of halogens is 3. The summed E-state index contributed by atoms with van der Waals surface area (Å²) in [6, 6.07) is 8.80. The van der Waals surface area contributed by atoms with Gasteiger partial charge in [0.1, 0.15) is 11.6 Å². The standard InChI is InChI=1S/C18H18BrF2N3/c19-13-2-4-15(22-7-13)9-23-10-16-6-17(11-23)24(16)8-12-1-3-14(20)5-18(12)21/h1-5,7,16-17H,6,8-11H2. The Morgan fingerprint density at radius 3 is 2.54 bits per heavy atom. The normalized spacial score (nSPS) is 24.0. The third-order valence-electron chi connectivity index (χ3n) is 4.96. The van der Waals surface area contributed by atoms with Crippen molar-refractivity contribution in [3.05, 3.63) is 63.9 Å². The molecule has 3 aliphatic heterocycles. The predicted molar refractivity (Wildman–Crippen MR) is 91.3 cm³/mol. The monoisotopic (exact) mass is 393 g/mol. The Morgan fingerprint density at radius 2 is 1.88 bits per heavy atom. The first-order valence-corrected chi connectivity index (χ1v) is 8.90. The molecule has 0 N–H and O–H groups in total. The Hall–Kier alpha value is -1.37. The second kappa shape index (κ2) is 6.50. The van der Waals surface area contributed by atoms with Gasteiger partial charge >= 0.3 is 0 Å². The van der Waals surface area contributed by atoms with E-state index in [1.807, 2.05) is 18.3 Å². The van der Waals surface area contributed by atoms with Gasteiger partial charge in [0, 0.05) is 60.6 Å². The first-order chi connectivity index (χ1) is 11.6. The molecule has 6 heteroatoms. The second-order valence-corrected chi connectivity index (χ2v) is 7.53. The number of rotatable bonds is 4. The molecule has 3 aliphatic rings. The summed E-state index contributed by atoms with van der Waals surface area (Å²) in [4.78, 5) is 9.18. The lowest BCUT2D eigenvalue weighted by Crippen LogP contribution is -2.67. The van der Waals surface area contributed by atoms with Gasteiger partial charge in [-0.2, -0.15) is 0 Å². The largest absolute Gasteiger partial charge is 0.294 e. The van der Waals surface area contributed by atoms with Crippen LogP contribution < -0.4 is 0 Å². The Bertz CT molecular complexity index is 726. The van der Waals surface area contributed by atoms with Crippen molar-refractivity contribution in [2.24, 2.45) is 0 Å². The Labute approximate surface area is 148 Å². The minimum absolute atomic E-state index is 0.448. The topological polar surface area (TPSA) is 19.4 Å². The van der Waals surface area contributed by atoms with Crippen LogP contribution in [-0.4, -0.2) is 40.0 Å². The highest BCUT2D eigenvalue weighted by molar-refractivity contribution is 9.10. The van der Waals surface area contributed by atoms with Gasteiger partial charge in [0.25, 0.3) is 0 Å². The first kappa shape index (κ1) is 16.1. The van der Waals surface area contributed by atoms with E-state index in [1.165, 1.54) is 6.07 Å². The fourth-order valence-corrected chi connectivity index (χ4v) is 3.97. The van der Waals surface area contributed by atoms with Gasteiger partial charge in [-0.25, -0.2) is 8.78 Å². The van der Waals surface area contributed by atoms with Crippen molar-refractivity contribution in [2.45, 2.75) is 31.6 Å². The summed E-state index contributed by atoms with van der Waals surface area (Å²) in [5.74, 6) is -0.968. The third kappa shape index (κ3) is 3.23. The van der Waals surface area contributed by atoms with Crippen LogP contribution in [0.4, 0.5) is 8.78 Å². The molecule has 0 saturated carbocycles. The minimum atomic E-state index is -0.520. The molecule has 3 fully saturated rings. The lowest BCUT2D eigenvalue weighted by atomic mass is 9.86.